The third-order valence-corrected chi connectivity index (χ3v) is 5.46. The number of hydrazine groups is 1. The SMILES string of the molecule is CC(C)CCC[C@H](C(=O)NO)[C@@H](CC(C)C)C(=O)NN(CC(C)C)C(=O)CC(=O)c1ncc[nH]1. The summed E-state index contributed by atoms with van der Waals surface area (Å²) in [5.41, 5.74) is 4.37. The molecule has 0 aliphatic carbocycles. The summed E-state index contributed by atoms with van der Waals surface area (Å²) < 4.78 is 0. The van der Waals surface area contributed by atoms with Crippen LogP contribution in [0.25, 0.3) is 0 Å². The molecule has 34 heavy (non-hydrogen) atoms. The predicted molar refractivity (Wildman–Crippen MR) is 127 cm³/mol. The van der Waals surface area contributed by atoms with Gasteiger partial charge in [-0.2, -0.15) is 0 Å². The quantitative estimate of drug-likeness (QED) is 0.140. The Morgan fingerprint density at radius 2 is 1.65 bits per heavy atom. The summed E-state index contributed by atoms with van der Waals surface area (Å²) in [6, 6.07) is 0. The number of imidazole rings is 1. The van der Waals surface area contributed by atoms with Crippen LogP contribution in [0, 0.1) is 29.6 Å². The molecule has 192 valence electrons. The minimum Gasteiger partial charge on any atom is -0.342 e. The number of nitrogens with zero attached hydrogens (tertiary/aromatic N) is 2. The van der Waals surface area contributed by atoms with Gasteiger partial charge in [-0.05, 0) is 30.6 Å². The summed E-state index contributed by atoms with van der Waals surface area (Å²) in [5, 5.41) is 10.5. The van der Waals surface area contributed by atoms with Gasteiger partial charge in [-0.1, -0.05) is 54.4 Å². The van der Waals surface area contributed by atoms with Gasteiger partial charge in [0.15, 0.2) is 5.82 Å². The molecule has 0 radical (unpaired) electrons. The Balaban J connectivity index is 3.07. The molecule has 0 saturated heterocycles. The molecule has 3 amide bonds. The highest BCUT2D eigenvalue weighted by molar-refractivity contribution is 6.05. The van der Waals surface area contributed by atoms with E-state index in [0.29, 0.717) is 18.8 Å². The fourth-order valence-corrected chi connectivity index (χ4v) is 3.83. The largest absolute Gasteiger partial charge is 0.342 e. The second-order valence-electron chi connectivity index (χ2n) is 10.1. The lowest BCUT2D eigenvalue weighted by Crippen LogP contribution is -2.52. The average molecular weight is 480 g/mol. The fourth-order valence-electron chi connectivity index (χ4n) is 3.83. The Morgan fingerprint density at radius 3 is 2.15 bits per heavy atom. The van der Waals surface area contributed by atoms with E-state index in [9.17, 15) is 24.4 Å². The number of hydroxylamine groups is 1. The molecule has 1 rings (SSSR count). The first-order valence-electron chi connectivity index (χ1n) is 12.0. The Morgan fingerprint density at radius 1 is 0.971 bits per heavy atom. The Labute approximate surface area is 202 Å². The van der Waals surface area contributed by atoms with Crippen molar-refractivity contribution in [2.24, 2.45) is 29.6 Å². The van der Waals surface area contributed by atoms with Crippen LogP contribution in [-0.4, -0.2) is 50.2 Å². The molecule has 10 heteroatoms. The zero-order valence-corrected chi connectivity index (χ0v) is 21.3. The van der Waals surface area contributed by atoms with Crippen molar-refractivity contribution >= 4 is 23.5 Å². The van der Waals surface area contributed by atoms with Gasteiger partial charge >= 0.3 is 0 Å². The summed E-state index contributed by atoms with van der Waals surface area (Å²) in [7, 11) is 0. The van der Waals surface area contributed by atoms with Crippen LogP contribution in [-0.2, 0) is 14.4 Å². The second-order valence-corrected chi connectivity index (χ2v) is 10.1. The van der Waals surface area contributed by atoms with E-state index in [0.717, 1.165) is 17.9 Å². The van der Waals surface area contributed by atoms with Gasteiger partial charge < -0.3 is 4.98 Å². The molecule has 0 aliphatic rings. The van der Waals surface area contributed by atoms with E-state index in [1.165, 1.54) is 12.4 Å². The summed E-state index contributed by atoms with van der Waals surface area (Å²) >= 11 is 0. The highest BCUT2D eigenvalue weighted by Gasteiger charge is 2.35. The molecule has 0 aromatic carbocycles. The number of H-pyrrole nitrogens is 1. The molecule has 0 bridgehead atoms. The Hall–Kier alpha value is -2.75. The number of nitrogens with one attached hydrogen (secondary N) is 3. The maximum atomic E-state index is 13.4. The number of aromatic nitrogens is 2. The van der Waals surface area contributed by atoms with Crippen molar-refractivity contribution < 1.29 is 24.4 Å². The van der Waals surface area contributed by atoms with E-state index in [4.69, 9.17) is 0 Å². The van der Waals surface area contributed by atoms with Crippen LogP contribution < -0.4 is 10.9 Å². The number of hydrogen-bond acceptors (Lipinski definition) is 6. The summed E-state index contributed by atoms with van der Waals surface area (Å²) in [4.78, 5) is 57.7. The van der Waals surface area contributed by atoms with Crippen molar-refractivity contribution in [2.45, 2.75) is 73.6 Å². The number of carbonyl (C=O) groups is 4. The molecule has 0 spiro atoms. The topological polar surface area (TPSA) is 144 Å². The molecule has 4 N–H and O–H groups in total. The average Bonchev–Trinajstić information content (AvgIpc) is 3.28. The van der Waals surface area contributed by atoms with Gasteiger partial charge in [0.2, 0.25) is 23.5 Å². The van der Waals surface area contributed by atoms with Crippen LogP contribution in [0.3, 0.4) is 0 Å². The smallest absolute Gasteiger partial charge is 0.248 e. The van der Waals surface area contributed by atoms with Crippen molar-refractivity contribution in [1.82, 2.24) is 25.9 Å². The minimum atomic E-state index is -0.748. The van der Waals surface area contributed by atoms with Crippen molar-refractivity contribution in [3.8, 4) is 0 Å². The number of carbonyl (C=O) groups excluding carboxylic acids is 4. The summed E-state index contributed by atoms with van der Waals surface area (Å²) in [6.07, 6.45) is 4.92. The normalized spacial score (nSPS) is 13.1. The van der Waals surface area contributed by atoms with E-state index in [1.54, 1.807) is 5.48 Å². The van der Waals surface area contributed by atoms with E-state index >= 15 is 0 Å². The fraction of sp³-hybridized carbons (Fsp3) is 0.708. The first-order chi connectivity index (χ1) is 16.0. The molecule has 0 aliphatic heterocycles. The molecule has 10 nitrogen and oxygen atoms in total. The molecule has 0 saturated carbocycles. The molecule has 1 aromatic heterocycles. The third kappa shape index (κ3) is 10.0. The van der Waals surface area contributed by atoms with E-state index in [1.807, 2.05) is 27.7 Å². The van der Waals surface area contributed by atoms with Crippen molar-refractivity contribution in [1.29, 1.82) is 0 Å². The van der Waals surface area contributed by atoms with Crippen molar-refractivity contribution in [2.75, 3.05) is 6.54 Å². The molecule has 1 heterocycles. The number of hydrogen-bond donors (Lipinski definition) is 4. The molecule has 0 fully saturated rings. The van der Waals surface area contributed by atoms with Crippen LogP contribution in [0.4, 0.5) is 0 Å². The van der Waals surface area contributed by atoms with Crippen LogP contribution >= 0.6 is 0 Å². The van der Waals surface area contributed by atoms with Gasteiger partial charge in [-0.15, -0.1) is 0 Å². The lowest BCUT2D eigenvalue weighted by atomic mass is 9.81. The van der Waals surface area contributed by atoms with Gasteiger partial charge in [-0.25, -0.2) is 10.5 Å². The molecule has 1 aromatic rings. The van der Waals surface area contributed by atoms with Gasteiger partial charge in [0.1, 0.15) is 0 Å². The number of aromatic amines is 1. The monoisotopic (exact) mass is 479 g/mol. The lowest BCUT2D eigenvalue weighted by molar-refractivity contribution is -0.147. The Bertz CT molecular complexity index is 792. The standard InChI is InChI=1S/C24H41N5O5/c1-15(2)8-7-9-18(24(33)28-34)19(12-16(3)4)23(32)27-29(14-17(5)6)21(31)13-20(30)22-25-10-11-26-22/h10-11,15-19,34H,7-9,12-14H2,1-6H3,(H,25,26)(H,27,32)(H,28,33)/t18-,19+/m0/s1. The first kappa shape index (κ1) is 29.3. The molecular formula is C24H41N5O5. The zero-order chi connectivity index (χ0) is 25.8. The van der Waals surface area contributed by atoms with Crippen LogP contribution in [0.1, 0.15) is 84.3 Å². The summed E-state index contributed by atoms with van der Waals surface area (Å²) in [6.45, 7) is 12.0. The Kier molecular flexibility index (Phi) is 12.5. The van der Waals surface area contributed by atoms with Crippen LogP contribution in [0.5, 0.6) is 0 Å². The zero-order valence-electron chi connectivity index (χ0n) is 21.3. The van der Waals surface area contributed by atoms with E-state index in [-0.39, 0.29) is 24.2 Å². The number of Topliss-reactive ketones (excluding diaryl/α,β-unsaturated/α-hetero) is 1. The molecular weight excluding hydrogens is 438 g/mol. The maximum Gasteiger partial charge on any atom is 0.248 e. The second kappa shape index (κ2) is 14.5. The first-order valence-corrected chi connectivity index (χ1v) is 12.0. The van der Waals surface area contributed by atoms with Gasteiger partial charge in [-0.3, -0.25) is 34.8 Å². The third-order valence-electron chi connectivity index (χ3n) is 5.46. The summed E-state index contributed by atoms with van der Waals surface area (Å²) in [5.74, 6) is -2.98. The number of rotatable bonds is 14. The van der Waals surface area contributed by atoms with Crippen LogP contribution in [0.2, 0.25) is 0 Å². The minimum absolute atomic E-state index is 0.0223. The van der Waals surface area contributed by atoms with Gasteiger partial charge in [0.05, 0.1) is 18.3 Å². The van der Waals surface area contributed by atoms with Crippen molar-refractivity contribution in [3.05, 3.63) is 18.2 Å². The molecule has 2 atom stereocenters. The van der Waals surface area contributed by atoms with Crippen molar-refractivity contribution in [3.63, 3.8) is 0 Å². The van der Waals surface area contributed by atoms with E-state index in [2.05, 4.69) is 29.2 Å². The lowest BCUT2D eigenvalue weighted by Gasteiger charge is -2.31. The van der Waals surface area contributed by atoms with E-state index < -0.39 is 41.8 Å². The molecule has 0 unspecified atom stereocenters. The maximum absolute atomic E-state index is 13.4. The van der Waals surface area contributed by atoms with Gasteiger partial charge in [0.25, 0.3) is 0 Å². The van der Waals surface area contributed by atoms with Crippen LogP contribution in [0.15, 0.2) is 12.4 Å². The highest BCUT2D eigenvalue weighted by Crippen LogP contribution is 2.27. The number of amides is 3. The predicted octanol–water partition coefficient (Wildman–Crippen LogP) is 3.11. The highest BCUT2D eigenvalue weighted by atomic mass is 16.5. The van der Waals surface area contributed by atoms with Gasteiger partial charge in [0, 0.05) is 18.9 Å². The number of ketones is 1.